The molecule has 2 aromatic heterocycles. The van der Waals surface area contributed by atoms with Gasteiger partial charge in [0.15, 0.2) is 0 Å². The van der Waals surface area contributed by atoms with Crippen LogP contribution in [0.1, 0.15) is 25.6 Å². The fourth-order valence-electron chi connectivity index (χ4n) is 3.81. The Morgan fingerprint density at radius 3 is 2.41 bits per heavy atom. The minimum absolute atomic E-state index is 0.0300. The molecule has 7 nitrogen and oxygen atoms in total. The molecule has 0 saturated carbocycles. The summed E-state index contributed by atoms with van der Waals surface area (Å²) in [6, 6.07) is 16.8. The van der Waals surface area contributed by atoms with Crippen molar-refractivity contribution in [2.45, 2.75) is 6.61 Å². The van der Waals surface area contributed by atoms with Crippen LogP contribution in [0.5, 0.6) is 5.75 Å². The van der Waals surface area contributed by atoms with Gasteiger partial charge in [-0.2, -0.15) is 0 Å². The predicted molar refractivity (Wildman–Crippen MR) is 123 cm³/mol. The van der Waals surface area contributed by atoms with Gasteiger partial charge in [-0.1, -0.05) is 12.1 Å². The molecule has 2 amide bonds. The van der Waals surface area contributed by atoms with Crippen molar-refractivity contribution in [1.82, 2.24) is 19.8 Å². The Balaban J connectivity index is 1.19. The average Bonchev–Trinajstić information content (AvgIpc) is 3.53. The number of imidazole rings is 1. The molecule has 1 saturated heterocycles. The number of rotatable bonds is 5. The van der Waals surface area contributed by atoms with E-state index in [1.165, 1.54) is 0 Å². The Labute approximate surface area is 189 Å². The van der Waals surface area contributed by atoms with Crippen LogP contribution in [0.4, 0.5) is 0 Å². The molecule has 1 aliphatic heterocycles. The highest BCUT2D eigenvalue weighted by Crippen LogP contribution is 2.20. The standard InChI is InChI=1S/C24H22N4O3S/c29-23(17-3-1-4-19(13-17)31-15-20-5-2-12-32-20)27-8-10-28(11-9-27)24(30)18-6-7-21-22(14-18)26-16-25-21/h1-7,12-14,16H,8-11,15H2,(H,25,26). The van der Waals surface area contributed by atoms with E-state index in [4.69, 9.17) is 4.74 Å². The number of piperazine rings is 1. The lowest BCUT2D eigenvalue weighted by molar-refractivity contribution is 0.0535. The van der Waals surface area contributed by atoms with Gasteiger partial charge in [0.25, 0.3) is 11.8 Å². The van der Waals surface area contributed by atoms with Gasteiger partial charge >= 0.3 is 0 Å². The summed E-state index contributed by atoms with van der Waals surface area (Å²) in [5, 5.41) is 2.01. The van der Waals surface area contributed by atoms with E-state index in [0.29, 0.717) is 49.7 Å². The first kappa shape index (κ1) is 20.3. The van der Waals surface area contributed by atoms with E-state index in [0.717, 1.165) is 15.9 Å². The number of ether oxygens (including phenoxy) is 1. The summed E-state index contributed by atoms with van der Waals surface area (Å²) in [6.45, 7) is 2.48. The third-order valence-corrected chi connectivity index (χ3v) is 6.41. The van der Waals surface area contributed by atoms with Crippen LogP contribution < -0.4 is 4.74 Å². The van der Waals surface area contributed by atoms with E-state index in [1.54, 1.807) is 45.7 Å². The number of aromatic amines is 1. The first-order chi connectivity index (χ1) is 15.7. The molecular weight excluding hydrogens is 424 g/mol. The second kappa shape index (κ2) is 8.84. The zero-order chi connectivity index (χ0) is 21.9. The Bertz CT molecular complexity index is 1240. The van der Waals surface area contributed by atoms with E-state index in [-0.39, 0.29) is 11.8 Å². The van der Waals surface area contributed by atoms with Crippen molar-refractivity contribution >= 4 is 34.2 Å². The Hall–Kier alpha value is -3.65. The van der Waals surface area contributed by atoms with Crippen molar-refractivity contribution in [2.75, 3.05) is 26.2 Å². The topological polar surface area (TPSA) is 78.5 Å². The molecule has 0 radical (unpaired) electrons. The Kier molecular flexibility index (Phi) is 5.60. The van der Waals surface area contributed by atoms with Gasteiger partial charge in [0, 0.05) is 42.2 Å². The van der Waals surface area contributed by atoms with Gasteiger partial charge in [-0.25, -0.2) is 4.98 Å². The van der Waals surface area contributed by atoms with Crippen molar-refractivity contribution in [1.29, 1.82) is 0 Å². The second-order valence-electron chi connectivity index (χ2n) is 7.61. The molecule has 8 heteroatoms. The van der Waals surface area contributed by atoms with Gasteiger partial charge < -0.3 is 19.5 Å². The summed E-state index contributed by atoms with van der Waals surface area (Å²) in [7, 11) is 0. The highest BCUT2D eigenvalue weighted by molar-refractivity contribution is 7.09. The number of aromatic nitrogens is 2. The summed E-state index contributed by atoms with van der Waals surface area (Å²) < 4.78 is 5.83. The van der Waals surface area contributed by atoms with E-state index in [1.807, 2.05) is 41.8 Å². The number of amides is 2. The van der Waals surface area contributed by atoms with Gasteiger partial charge in [-0.3, -0.25) is 9.59 Å². The van der Waals surface area contributed by atoms with Crippen LogP contribution in [0.2, 0.25) is 0 Å². The van der Waals surface area contributed by atoms with E-state index in [2.05, 4.69) is 9.97 Å². The molecule has 0 spiro atoms. The molecule has 1 aliphatic rings. The lowest BCUT2D eigenvalue weighted by Gasteiger charge is -2.35. The van der Waals surface area contributed by atoms with Crippen LogP contribution in [-0.4, -0.2) is 57.8 Å². The molecule has 1 fully saturated rings. The number of hydrogen-bond acceptors (Lipinski definition) is 5. The van der Waals surface area contributed by atoms with Crippen LogP contribution in [0.25, 0.3) is 11.0 Å². The molecule has 0 bridgehead atoms. The van der Waals surface area contributed by atoms with Crippen molar-refractivity contribution < 1.29 is 14.3 Å². The lowest BCUT2D eigenvalue weighted by Crippen LogP contribution is -2.50. The van der Waals surface area contributed by atoms with Crippen LogP contribution in [0.15, 0.2) is 66.3 Å². The number of carbonyl (C=O) groups is 2. The van der Waals surface area contributed by atoms with Gasteiger partial charge in [0.1, 0.15) is 12.4 Å². The normalized spacial score (nSPS) is 14.0. The summed E-state index contributed by atoms with van der Waals surface area (Å²) in [5.41, 5.74) is 2.89. The quantitative estimate of drug-likeness (QED) is 0.506. The summed E-state index contributed by atoms with van der Waals surface area (Å²) >= 11 is 1.64. The predicted octanol–water partition coefficient (Wildman–Crippen LogP) is 3.80. The summed E-state index contributed by atoms with van der Waals surface area (Å²) in [6.07, 6.45) is 1.62. The molecular formula is C24H22N4O3S. The van der Waals surface area contributed by atoms with Crippen LogP contribution >= 0.6 is 11.3 Å². The van der Waals surface area contributed by atoms with Gasteiger partial charge in [0.2, 0.25) is 0 Å². The number of thiophene rings is 1. The Morgan fingerprint density at radius 1 is 0.938 bits per heavy atom. The molecule has 0 unspecified atom stereocenters. The van der Waals surface area contributed by atoms with Crippen LogP contribution in [-0.2, 0) is 6.61 Å². The number of nitrogens with one attached hydrogen (secondary N) is 1. The maximum Gasteiger partial charge on any atom is 0.254 e. The highest BCUT2D eigenvalue weighted by atomic mass is 32.1. The zero-order valence-corrected chi connectivity index (χ0v) is 18.2. The van der Waals surface area contributed by atoms with Crippen molar-refractivity contribution in [2.24, 2.45) is 0 Å². The maximum absolute atomic E-state index is 13.0. The van der Waals surface area contributed by atoms with Gasteiger partial charge in [0.05, 0.1) is 17.4 Å². The summed E-state index contributed by atoms with van der Waals surface area (Å²) in [4.78, 5) is 37.8. The fraction of sp³-hybridized carbons (Fsp3) is 0.208. The van der Waals surface area contributed by atoms with Crippen molar-refractivity contribution in [3.05, 3.63) is 82.3 Å². The maximum atomic E-state index is 13.0. The third-order valence-electron chi connectivity index (χ3n) is 5.56. The molecule has 162 valence electrons. The largest absolute Gasteiger partial charge is 0.488 e. The molecule has 5 rings (SSSR count). The SMILES string of the molecule is O=C(c1cccc(OCc2cccs2)c1)N1CCN(C(=O)c2ccc3nc[nH]c3c2)CC1. The fourth-order valence-corrected chi connectivity index (χ4v) is 4.43. The molecule has 3 heterocycles. The molecule has 32 heavy (non-hydrogen) atoms. The number of fused-ring (bicyclic) bond motifs is 1. The number of benzene rings is 2. The highest BCUT2D eigenvalue weighted by Gasteiger charge is 2.26. The average molecular weight is 447 g/mol. The van der Waals surface area contributed by atoms with Crippen LogP contribution in [0, 0.1) is 0 Å². The minimum atomic E-state index is -0.0439. The van der Waals surface area contributed by atoms with E-state index in [9.17, 15) is 9.59 Å². The number of nitrogens with zero attached hydrogens (tertiary/aromatic N) is 3. The third kappa shape index (κ3) is 4.22. The number of hydrogen-bond donors (Lipinski definition) is 1. The van der Waals surface area contributed by atoms with E-state index < -0.39 is 0 Å². The Morgan fingerprint density at radius 2 is 1.69 bits per heavy atom. The smallest absolute Gasteiger partial charge is 0.254 e. The molecule has 0 atom stereocenters. The van der Waals surface area contributed by atoms with Crippen molar-refractivity contribution in [3.8, 4) is 5.75 Å². The minimum Gasteiger partial charge on any atom is -0.488 e. The molecule has 4 aromatic rings. The molecule has 1 N–H and O–H groups in total. The monoisotopic (exact) mass is 446 g/mol. The number of carbonyl (C=O) groups excluding carboxylic acids is 2. The zero-order valence-electron chi connectivity index (χ0n) is 17.4. The second-order valence-corrected chi connectivity index (χ2v) is 8.65. The van der Waals surface area contributed by atoms with Crippen molar-refractivity contribution in [3.63, 3.8) is 0 Å². The van der Waals surface area contributed by atoms with Crippen LogP contribution in [0.3, 0.4) is 0 Å². The molecule has 2 aromatic carbocycles. The lowest BCUT2D eigenvalue weighted by atomic mass is 10.1. The number of H-pyrrole nitrogens is 1. The first-order valence-electron chi connectivity index (χ1n) is 10.4. The summed E-state index contributed by atoms with van der Waals surface area (Å²) in [5.74, 6) is 0.599. The molecule has 0 aliphatic carbocycles. The van der Waals surface area contributed by atoms with E-state index >= 15 is 0 Å². The van der Waals surface area contributed by atoms with Gasteiger partial charge in [-0.15, -0.1) is 11.3 Å². The first-order valence-corrected chi connectivity index (χ1v) is 11.3. The van der Waals surface area contributed by atoms with Gasteiger partial charge in [-0.05, 0) is 47.8 Å².